The van der Waals surface area contributed by atoms with Crippen LogP contribution in [0.15, 0.2) is 23.4 Å². The molecule has 1 aromatic heterocycles. The van der Waals surface area contributed by atoms with E-state index in [4.69, 9.17) is 5.84 Å². The molecule has 1 heterocycles. The number of amides is 1. The van der Waals surface area contributed by atoms with Gasteiger partial charge in [0, 0.05) is 11.5 Å². The van der Waals surface area contributed by atoms with E-state index in [0.717, 1.165) is 30.0 Å². The van der Waals surface area contributed by atoms with Crippen LogP contribution >= 0.6 is 11.8 Å². The molecular formula is C14H17F2N5OS. The Labute approximate surface area is 136 Å². The smallest absolute Gasteiger partial charge is 0.234 e. The fraction of sp³-hybridized carbons (Fsp3) is 0.357. The van der Waals surface area contributed by atoms with E-state index >= 15 is 0 Å². The molecule has 0 bridgehead atoms. The lowest BCUT2D eigenvalue weighted by Gasteiger charge is -2.16. The maximum absolute atomic E-state index is 13.5. The predicted octanol–water partition coefficient (Wildman–Crippen LogP) is 2.30. The van der Waals surface area contributed by atoms with Crippen molar-refractivity contribution in [3.63, 3.8) is 0 Å². The number of nitrogen functional groups attached to an aromatic ring is 1. The third kappa shape index (κ3) is 4.19. The summed E-state index contributed by atoms with van der Waals surface area (Å²) in [5, 5.41) is 10.6. The van der Waals surface area contributed by atoms with Crippen LogP contribution in [0.1, 0.15) is 26.6 Å². The molecule has 23 heavy (non-hydrogen) atoms. The topological polar surface area (TPSA) is 85.8 Å². The fourth-order valence-corrected chi connectivity index (χ4v) is 2.45. The van der Waals surface area contributed by atoms with E-state index < -0.39 is 17.5 Å². The van der Waals surface area contributed by atoms with Gasteiger partial charge in [-0.1, -0.05) is 32.5 Å². The number of nitrogens with zero attached hydrogens (tertiary/aromatic N) is 3. The molecule has 0 fully saturated rings. The van der Waals surface area contributed by atoms with Gasteiger partial charge >= 0.3 is 0 Å². The van der Waals surface area contributed by atoms with Crippen molar-refractivity contribution in [3.8, 4) is 0 Å². The highest BCUT2D eigenvalue weighted by molar-refractivity contribution is 7.99. The maximum Gasteiger partial charge on any atom is 0.234 e. The Morgan fingerprint density at radius 3 is 2.65 bits per heavy atom. The van der Waals surface area contributed by atoms with Gasteiger partial charge in [0.15, 0.2) is 5.82 Å². The molecule has 2 rings (SSSR count). The largest absolute Gasteiger partial charge is 0.336 e. The lowest BCUT2D eigenvalue weighted by atomic mass is 9.96. The van der Waals surface area contributed by atoms with Gasteiger partial charge in [-0.25, -0.2) is 13.5 Å². The summed E-state index contributed by atoms with van der Waals surface area (Å²) in [4.78, 5) is 11.8. The molecule has 1 amide bonds. The molecule has 0 saturated heterocycles. The van der Waals surface area contributed by atoms with E-state index in [1.54, 1.807) is 0 Å². The number of thioether (sulfide) groups is 1. The second-order valence-electron chi connectivity index (χ2n) is 5.89. The zero-order valence-electron chi connectivity index (χ0n) is 12.9. The summed E-state index contributed by atoms with van der Waals surface area (Å²) in [6, 6.07) is 2.84. The summed E-state index contributed by atoms with van der Waals surface area (Å²) in [6.07, 6.45) is 0. The molecule has 1 aromatic carbocycles. The number of hydrogen-bond donors (Lipinski definition) is 2. The number of carbonyl (C=O) groups excluding carboxylic acids is 1. The van der Waals surface area contributed by atoms with E-state index in [1.165, 1.54) is 4.68 Å². The number of carbonyl (C=O) groups is 1. The van der Waals surface area contributed by atoms with Gasteiger partial charge in [0.05, 0.1) is 11.4 Å². The van der Waals surface area contributed by atoms with E-state index in [0.29, 0.717) is 11.0 Å². The molecule has 0 saturated carbocycles. The van der Waals surface area contributed by atoms with Crippen LogP contribution < -0.4 is 11.2 Å². The normalized spacial score (nSPS) is 11.5. The molecule has 0 atom stereocenters. The monoisotopic (exact) mass is 341 g/mol. The minimum absolute atomic E-state index is 0.0601. The van der Waals surface area contributed by atoms with Crippen LogP contribution in [0.4, 0.5) is 14.5 Å². The molecule has 2 aromatic rings. The molecule has 0 aliphatic rings. The number of nitrogens with two attached hydrogens (primary N) is 1. The van der Waals surface area contributed by atoms with Gasteiger partial charge in [-0.05, 0) is 12.1 Å². The first-order chi connectivity index (χ1) is 10.7. The summed E-state index contributed by atoms with van der Waals surface area (Å²) in [5.41, 5.74) is -0.492. The highest BCUT2D eigenvalue weighted by Gasteiger charge is 2.23. The fourth-order valence-electron chi connectivity index (χ4n) is 1.80. The standard InChI is InChI=1S/C14H17F2N5OS/c1-14(2,3)12-19-20-13(21(12)17)23-7-11(22)18-10-6-8(15)4-5-9(10)16/h4-6H,7,17H2,1-3H3,(H,18,22). The number of aromatic nitrogens is 3. The van der Waals surface area contributed by atoms with E-state index in [1.807, 2.05) is 20.8 Å². The summed E-state index contributed by atoms with van der Waals surface area (Å²) in [6.45, 7) is 5.82. The minimum atomic E-state index is -0.707. The molecule has 0 unspecified atom stereocenters. The average molecular weight is 341 g/mol. The molecular weight excluding hydrogens is 324 g/mol. The Balaban J connectivity index is 2.00. The Morgan fingerprint density at radius 2 is 2.04 bits per heavy atom. The number of anilines is 1. The predicted molar refractivity (Wildman–Crippen MR) is 84.6 cm³/mol. The molecule has 0 aliphatic carbocycles. The van der Waals surface area contributed by atoms with Gasteiger partial charge < -0.3 is 11.2 Å². The Bertz CT molecular complexity index is 726. The van der Waals surface area contributed by atoms with E-state index in [2.05, 4.69) is 15.5 Å². The molecule has 0 aliphatic heterocycles. The summed E-state index contributed by atoms with van der Waals surface area (Å²) in [7, 11) is 0. The quantitative estimate of drug-likeness (QED) is 0.658. The van der Waals surface area contributed by atoms with Gasteiger partial charge in [-0.15, -0.1) is 10.2 Å². The summed E-state index contributed by atoms with van der Waals surface area (Å²) in [5.74, 6) is 4.58. The third-order valence-corrected chi connectivity index (χ3v) is 3.81. The zero-order chi connectivity index (χ0) is 17.2. The van der Waals surface area contributed by atoms with Crippen molar-refractivity contribution >= 4 is 23.4 Å². The van der Waals surface area contributed by atoms with Crippen molar-refractivity contribution in [3.05, 3.63) is 35.7 Å². The van der Waals surface area contributed by atoms with Gasteiger partial charge in [-0.3, -0.25) is 4.79 Å². The highest BCUT2D eigenvalue weighted by Crippen LogP contribution is 2.23. The lowest BCUT2D eigenvalue weighted by Crippen LogP contribution is -2.24. The van der Waals surface area contributed by atoms with Gasteiger partial charge in [0.1, 0.15) is 11.6 Å². The van der Waals surface area contributed by atoms with Crippen LogP contribution in [0, 0.1) is 11.6 Å². The van der Waals surface area contributed by atoms with Crippen molar-refractivity contribution in [2.45, 2.75) is 31.3 Å². The number of benzene rings is 1. The van der Waals surface area contributed by atoms with Crippen LogP contribution in [-0.2, 0) is 10.2 Å². The highest BCUT2D eigenvalue weighted by atomic mass is 32.2. The van der Waals surface area contributed by atoms with Crippen molar-refractivity contribution in [1.29, 1.82) is 0 Å². The van der Waals surface area contributed by atoms with Crippen LogP contribution in [-0.4, -0.2) is 26.5 Å². The second-order valence-corrected chi connectivity index (χ2v) is 6.83. The third-order valence-electron chi connectivity index (χ3n) is 2.87. The van der Waals surface area contributed by atoms with Gasteiger partial charge in [0.25, 0.3) is 0 Å². The van der Waals surface area contributed by atoms with Crippen molar-refractivity contribution in [2.75, 3.05) is 16.9 Å². The molecule has 9 heteroatoms. The maximum atomic E-state index is 13.5. The minimum Gasteiger partial charge on any atom is -0.336 e. The zero-order valence-corrected chi connectivity index (χ0v) is 13.7. The van der Waals surface area contributed by atoms with Gasteiger partial charge in [-0.2, -0.15) is 0 Å². The summed E-state index contributed by atoms with van der Waals surface area (Å²) < 4.78 is 27.8. The Hall–Kier alpha value is -2.16. The number of halogens is 2. The lowest BCUT2D eigenvalue weighted by molar-refractivity contribution is -0.113. The number of hydrogen-bond acceptors (Lipinski definition) is 5. The van der Waals surface area contributed by atoms with Crippen LogP contribution in [0.3, 0.4) is 0 Å². The van der Waals surface area contributed by atoms with Crippen LogP contribution in [0.2, 0.25) is 0 Å². The van der Waals surface area contributed by atoms with E-state index in [9.17, 15) is 13.6 Å². The Morgan fingerprint density at radius 1 is 1.35 bits per heavy atom. The SMILES string of the molecule is CC(C)(C)c1nnc(SCC(=O)Nc2cc(F)ccc2F)n1N. The first-order valence-electron chi connectivity index (χ1n) is 6.77. The van der Waals surface area contributed by atoms with Crippen LogP contribution in [0.5, 0.6) is 0 Å². The first kappa shape index (κ1) is 17.2. The molecule has 0 spiro atoms. The van der Waals surface area contributed by atoms with Crippen molar-refractivity contribution < 1.29 is 13.6 Å². The van der Waals surface area contributed by atoms with Crippen molar-refractivity contribution in [2.24, 2.45) is 0 Å². The first-order valence-corrected chi connectivity index (χ1v) is 7.75. The molecule has 3 N–H and O–H groups in total. The number of nitrogens with one attached hydrogen (secondary N) is 1. The van der Waals surface area contributed by atoms with E-state index in [-0.39, 0.29) is 16.9 Å². The molecule has 124 valence electrons. The van der Waals surface area contributed by atoms with Crippen molar-refractivity contribution in [1.82, 2.24) is 14.9 Å². The Kier molecular flexibility index (Phi) is 4.88. The summed E-state index contributed by atoms with van der Waals surface area (Å²) >= 11 is 1.06. The number of rotatable bonds is 4. The van der Waals surface area contributed by atoms with Crippen LogP contribution in [0.25, 0.3) is 0 Å². The second kappa shape index (κ2) is 6.53. The van der Waals surface area contributed by atoms with Gasteiger partial charge in [0.2, 0.25) is 11.1 Å². The molecule has 6 nitrogen and oxygen atoms in total. The molecule has 0 radical (unpaired) electrons. The average Bonchev–Trinajstić information content (AvgIpc) is 2.82.